The molecular weight excluding hydrogens is 420 g/mol. The normalized spacial score (nSPS) is 12.8. The Morgan fingerprint density at radius 2 is 1.91 bits per heavy atom. The lowest BCUT2D eigenvalue weighted by atomic mass is 9.95. The first-order chi connectivity index (χ1) is 15.5. The molecule has 5 heteroatoms. The molecule has 1 aliphatic rings. The van der Waals surface area contributed by atoms with Crippen molar-refractivity contribution in [2.75, 3.05) is 18.2 Å². The number of rotatable bonds is 6. The molecular formula is C27H25ClN2O2. The van der Waals surface area contributed by atoms with Crippen molar-refractivity contribution in [1.82, 2.24) is 0 Å². The van der Waals surface area contributed by atoms with E-state index in [9.17, 15) is 5.11 Å². The van der Waals surface area contributed by atoms with Crippen molar-refractivity contribution in [3.05, 3.63) is 87.9 Å². The van der Waals surface area contributed by atoms with Crippen molar-refractivity contribution in [2.24, 2.45) is 4.99 Å². The number of phenolic OH excluding ortho intramolecular Hbond substituents is 1. The van der Waals surface area contributed by atoms with Crippen molar-refractivity contribution in [1.29, 1.82) is 0 Å². The van der Waals surface area contributed by atoms with Gasteiger partial charge in [-0.3, -0.25) is 4.99 Å². The molecule has 1 aliphatic heterocycles. The third-order valence-corrected chi connectivity index (χ3v) is 5.82. The van der Waals surface area contributed by atoms with Gasteiger partial charge in [-0.25, -0.2) is 0 Å². The van der Waals surface area contributed by atoms with Crippen molar-refractivity contribution < 1.29 is 9.84 Å². The third kappa shape index (κ3) is 4.59. The summed E-state index contributed by atoms with van der Waals surface area (Å²) in [4.78, 5) is 7.09. The summed E-state index contributed by atoms with van der Waals surface area (Å²) in [6, 6.07) is 19.8. The minimum atomic E-state index is 0.0786. The summed E-state index contributed by atoms with van der Waals surface area (Å²) in [5.74, 6) is 3.77. The number of hydrogen-bond acceptors (Lipinski definition) is 4. The van der Waals surface area contributed by atoms with Crippen LogP contribution in [0.3, 0.4) is 0 Å². The first-order valence-electron chi connectivity index (χ1n) is 10.5. The fraction of sp³-hybridized carbons (Fsp3) is 0.222. The van der Waals surface area contributed by atoms with Gasteiger partial charge in [-0.05, 0) is 47.4 Å². The molecule has 0 unspecified atom stereocenters. The maximum atomic E-state index is 9.73. The number of aliphatic imine (C=N–C) groups is 1. The van der Waals surface area contributed by atoms with Crippen LogP contribution in [0.2, 0.25) is 5.02 Å². The first kappa shape index (κ1) is 21.8. The monoisotopic (exact) mass is 444 g/mol. The Bertz CT molecular complexity index is 1190. The van der Waals surface area contributed by atoms with Gasteiger partial charge in [0.1, 0.15) is 24.8 Å². The fourth-order valence-corrected chi connectivity index (χ4v) is 3.99. The minimum Gasteiger partial charge on any atom is -0.506 e. The van der Waals surface area contributed by atoms with E-state index in [1.807, 2.05) is 24.3 Å². The lowest BCUT2D eigenvalue weighted by Crippen LogP contribution is -2.29. The van der Waals surface area contributed by atoms with Crippen LogP contribution in [0.5, 0.6) is 11.5 Å². The number of anilines is 1. The Morgan fingerprint density at radius 3 is 2.59 bits per heavy atom. The molecule has 0 amide bonds. The van der Waals surface area contributed by atoms with Crippen LogP contribution < -0.4 is 9.64 Å². The van der Waals surface area contributed by atoms with Gasteiger partial charge in [-0.2, -0.15) is 0 Å². The molecule has 0 saturated carbocycles. The van der Waals surface area contributed by atoms with E-state index in [0.717, 1.165) is 28.1 Å². The van der Waals surface area contributed by atoms with Crippen LogP contribution >= 0.6 is 11.6 Å². The summed E-state index contributed by atoms with van der Waals surface area (Å²) in [7, 11) is 0. The smallest absolute Gasteiger partial charge is 0.148 e. The van der Waals surface area contributed by atoms with Gasteiger partial charge in [0.15, 0.2) is 0 Å². The van der Waals surface area contributed by atoms with Gasteiger partial charge in [-0.15, -0.1) is 6.42 Å². The van der Waals surface area contributed by atoms with Gasteiger partial charge >= 0.3 is 0 Å². The number of fused-ring (bicyclic) bond motifs is 1. The largest absolute Gasteiger partial charge is 0.506 e. The molecule has 162 valence electrons. The van der Waals surface area contributed by atoms with E-state index in [1.165, 1.54) is 5.56 Å². The maximum Gasteiger partial charge on any atom is 0.148 e. The highest BCUT2D eigenvalue weighted by Gasteiger charge is 2.22. The number of terminal acetylenes is 1. The zero-order valence-electron chi connectivity index (χ0n) is 18.2. The Labute approximate surface area is 194 Å². The van der Waals surface area contributed by atoms with Crippen LogP contribution in [0.15, 0.2) is 65.7 Å². The van der Waals surface area contributed by atoms with Crippen molar-refractivity contribution in [2.45, 2.75) is 26.3 Å². The molecule has 0 aromatic heterocycles. The fourth-order valence-electron chi connectivity index (χ4n) is 3.79. The van der Waals surface area contributed by atoms with E-state index in [2.05, 4.69) is 48.9 Å². The van der Waals surface area contributed by atoms with E-state index in [1.54, 1.807) is 12.1 Å². The van der Waals surface area contributed by atoms with Gasteiger partial charge in [0.2, 0.25) is 0 Å². The minimum absolute atomic E-state index is 0.0786. The lowest BCUT2D eigenvalue weighted by molar-refractivity contribution is 0.370. The summed E-state index contributed by atoms with van der Waals surface area (Å²) < 4.78 is 5.68. The topological polar surface area (TPSA) is 45.1 Å². The van der Waals surface area contributed by atoms with E-state index in [0.29, 0.717) is 29.9 Å². The molecule has 0 aliphatic carbocycles. The van der Waals surface area contributed by atoms with Gasteiger partial charge in [0, 0.05) is 23.4 Å². The molecule has 0 atom stereocenters. The molecule has 4 nitrogen and oxygen atoms in total. The molecule has 3 aromatic carbocycles. The number of ether oxygens (including phenoxy) is 1. The van der Waals surface area contributed by atoms with E-state index in [4.69, 9.17) is 27.8 Å². The summed E-state index contributed by atoms with van der Waals surface area (Å²) in [6.07, 6.45) is 5.37. The molecule has 4 rings (SSSR count). The number of nitrogens with zero attached hydrogens (tertiary/aromatic N) is 2. The lowest BCUT2D eigenvalue weighted by Gasteiger charge is -2.31. The van der Waals surface area contributed by atoms with Crippen LogP contribution in [0.4, 0.5) is 5.69 Å². The molecule has 1 heterocycles. The number of benzene rings is 3. The van der Waals surface area contributed by atoms with Gasteiger partial charge in [0.25, 0.3) is 0 Å². The standard InChI is InChI=1S/C27H25ClN2O2/c1-4-13-32-22-10-11-25-23(15-22)27(21-8-6-20(7-9-21)18(2)3)29-17-30(25)16-19-5-12-26(31)24(28)14-19/h1,5-12,14-15,18,31H,13,16-17H2,2-3H3. The molecule has 0 radical (unpaired) electrons. The molecule has 0 spiro atoms. The first-order valence-corrected chi connectivity index (χ1v) is 10.9. The van der Waals surface area contributed by atoms with Crippen LogP contribution in [-0.4, -0.2) is 24.1 Å². The highest BCUT2D eigenvalue weighted by atomic mass is 35.5. The average molecular weight is 445 g/mol. The van der Waals surface area contributed by atoms with E-state index in [-0.39, 0.29) is 12.4 Å². The third-order valence-electron chi connectivity index (χ3n) is 5.52. The SMILES string of the molecule is C#CCOc1ccc2c(c1)C(c1ccc(C(C)C)cc1)=NCN2Cc1ccc(O)c(Cl)c1. The van der Waals surface area contributed by atoms with Gasteiger partial charge < -0.3 is 14.7 Å². The molecule has 0 saturated heterocycles. The second-order valence-electron chi connectivity index (χ2n) is 8.08. The van der Waals surface area contributed by atoms with Crippen LogP contribution in [0.1, 0.15) is 42.0 Å². The summed E-state index contributed by atoms with van der Waals surface area (Å²) in [6.45, 7) is 5.71. The predicted octanol–water partition coefficient (Wildman–Crippen LogP) is 6.00. The van der Waals surface area contributed by atoms with Crippen molar-refractivity contribution in [3.63, 3.8) is 0 Å². The molecule has 0 bridgehead atoms. The Hall–Kier alpha value is -3.42. The highest BCUT2D eigenvalue weighted by Crippen LogP contribution is 2.33. The zero-order chi connectivity index (χ0) is 22.7. The second-order valence-corrected chi connectivity index (χ2v) is 8.49. The van der Waals surface area contributed by atoms with Gasteiger partial charge in [-0.1, -0.05) is 61.7 Å². The highest BCUT2D eigenvalue weighted by molar-refractivity contribution is 6.32. The molecule has 1 N–H and O–H groups in total. The van der Waals surface area contributed by atoms with E-state index < -0.39 is 0 Å². The van der Waals surface area contributed by atoms with Crippen LogP contribution in [0.25, 0.3) is 0 Å². The number of halogens is 1. The van der Waals surface area contributed by atoms with Crippen LogP contribution in [-0.2, 0) is 6.54 Å². The van der Waals surface area contributed by atoms with Gasteiger partial charge in [0.05, 0.1) is 10.7 Å². The maximum absolute atomic E-state index is 9.73. The Morgan fingerprint density at radius 1 is 1.12 bits per heavy atom. The number of aromatic hydroxyl groups is 1. The predicted molar refractivity (Wildman–Crippen MR) is 131 cm³/mol. The van der Waals surface area contributed by atoms with Crippen molar-refractivity contribution in [3.8, 4) is 23.8 Å². The number of phenols is 1. The van der Waals surface area contributed by atoms with Crippen molar-refractivity contribution >= 4 is 23.0 Å². The zero-order valence-corrected chi connectivity index (χ0v) is 18.9. The summed E-state index contributed by atoms with van der Waals surface area (Å²) >= 11 is 6.11. The Kier molecular flexibility index (Phi) is 6.39. The Balaban J connectivity index is 1.71. The summed E-state index contributed by atoms with van der Waals surface area (Å²) in [5.41, 5.74) is 6.33. The molecule has 3 aromatic rings. The van der Waals surface area contributed by atoms with Crippen LogP contribution in [0, 0.1) is 12.3 Å². The summed E-state index contributed by atoms with van der Waals surface area (Å²) in [5, 5.41) is 10.1. The average Bonchev–Trinajstić information content (AvgIpc) is 2.80. The number of hydrogen-bond donors (Lipinski definition) is 1. The molecule has 32 heavy (non-hydrogen) atoms. The van der Waals surface area contributed by atoms with E-state index >= 15 is 0 Å². The molecule has 0 fully saturated rings. The second kappa shape index (κ2) is 9.38. The quantitative estimate of drug-likeness (QED) is 0.474.